The van der Waals surface area contributed by atoms with Gasteiger partial charge in [-0.25, -0.2) is 9.97 Å². The largest absolute Gasteiger partial charge is 0.493 e. The van der Waals surface area contributed by atoms with E-state index in [0.29, 0.717) is 22.1 Å². The quantitative estimate of drug-likeness (QED) is 0.118. The molecule has 0 spiro atoms. The smallest absolute Gasteiger partial charge is 0.387 e. The van der Waals surface area contributed by atoms with Crippen molar-refractivity contribution in [2.45, 2.75) is 35.0 Å². The van der Waals surface area contributed by atoms with E-state index in [1.807, 2.05) is 0 Å². The molecule has 16 nitrogen and oxygen atoms in total. The normalized spacial score (nSPS) is 13.7. The second kappa shape index (κ2) is 21.3. The summed E-state index contributed by atoms with van der Waals surface area (Å²) in [4.78, 5) is 22.1. The molecular weight excluding hydrogens is 793 g/mol. The zero-order valence-corrected chi connectivity index (χ0v) is 31.5. The van der Waals surface area contributed by atoms with Gasteiger partial charge in [-0.1, -0.05) is 0 Å². The highest BCUT2D eigenvalue weighted by Crippen LogP contribution is 2.32. The van der Waals surface area contributed by atoms with Crippen LogP contribution in [0.5, 0.6) is 34.5 Å². The van der Waals surface area contributed by atoms with Crippen LogP contribution in [0, 0.1) is 0 Å². The molecule has 6 rings (SSSR count). The minimum atomic E-state index is -2.97. The molecule has 0 bridgehead atoms. The Morgan fingerprint density at radius 3 is 1.42 bits per heavy atom. The molecule has 2 atom stereocenters. The van der Waals surface area contributed by atoms with Crippen LogP contribution in [0.1, 0.15) is 19.6 Å². The van der Waals surface area contributed by atoms with Gasteiger partial charge in [0.25, 0.3) is 0 Å². The predicted octanol–water partition coefficient (Wildman–Crippen LogP) is 3.74. The Bertz CT molecular complexity index is 2270. The zero-order chi connectivity index (χ0) is 42.4. The van der Waals surface area contributed by atoms with Gasteiger partial charge in [-0.05, 0) is 24.3 Å². The number of methoxy groups -OCH3 is 4. The summed E-state index contributed by atoms with van der Waals surface area (Å²) < 4.78 is 147. The number of hydrogen-bond acceptors (Lipinski definition) is 12. The molecule has 0 amide bonds. The standard InChI is InChI=1S/2C16H15F2N3O4S.Mg.2H2O/c2*1-23-13-5-6-19-12(14(13)24-2)8-26(22)16-20-10-4-3-9(25-15(17)18)7-11(10)21-16;;;/h2*3-7,15H,8H2,1-2H3,(H,20,21);;2*1H2/i2*1D3;;;. The fourth-order valence-electron chi connectivity index (χ4n) is 4.63. The van der Waals surface area contributed by atoms with Crippen LogP contribution in [0.15, 0.2) is 71.2 Å². The molecule has 2 unspecified atom stereocenters. The summed E-state index contributed by atoms with van der Waals surface area (Å²) in [6.07, 6.45) is 2.62. The molecule has 23 heteroatoms. The van der Waals surface area contributed by atoms with E-state index in [2.05, 4.69) is 39.4 Å². The molecule has 6 N–H and O–H groups in total. The third kappa shape index (κ3) is 11.6. The number of fused-ring (bicyclic) bond motifs is 2. The minimum Gasteiger partial charge on any atom is -0.493 e. The molecular formula is C32H34F4MgN6O10S2. The van der Waals surface area contributed by atoms with Gasteiger partial charge in [0.15, 0.2) is 33.3 Å². The summed E-state index contributed by atoms with van der Waals surface area (Å²) in [6.45, 7) is -5.93. The number of alkyl halides is 4. The number of rotatable bonds is 14. The highest BCUT2D eigenvalue weighted by atomic mass is 32.2. The number of ether oxygens (including phenoxy) is 6. The maximum absolute atomic E-state index is 12.7. The highest BCUT2D eigenvalue weighted by Gasteiger charge is 2.19. The van der Waals surface area contributed by atoms with Crippen molar-refractivity contribution in [3.63, 3.8) is 0 Å². The molecule has 294 valence electrons. The molecule has 0 saturated heterocycles. The first-order valence-corrected chi connectivity index (χ1v) is 17.0. The second-order valence-electron chi connectivity index (χ2n) is 9.96. The van der Waals surface area contributed by atoms with Crippen molar-refractivity contribution in [2.75, 3.05) is 28.3 Å². The minimum absolute atomic E-state index is 0. The summed E-state index contributed by atoms with van der Waals surface area (Å²) in [7, 11) is -6.22. The first kappa shape index (κ1) is 37.1. The summed E-state index contributed by atoms with van der Waals surface area (Å²) in [6, 6.07) is 10.8. The molecule has 55 heavy (non-hydrogen) atoms. The summed E-state index contributed by atoms with van der Waals surface area (Å²) in [5.41, 5.74) is 1.96. The number of halogens is 4. The van der Waals surface area contributed by atoms with Crippen LogP contribution >= 0.6 is 0 Å². The number of pyridine rings is 2. The molecule has 6 aromatic rings. The van der Waals surface area contributed by atoms with E-state index < -0.39 is 48.9 Å². The van der Waals surface area contributed by atoms with E-state index in [1.54, 1.807) is 0 Å². The van der Waals surface area contributed by atoms with Crippen molar-refractivity contribution >= 4 is 66.7 Å². The number of benzene rings is 2. The first-order chi connectivity index (χ1) is 27.3. The van der Waals surface area contributed by atoms with Gasteiger partial charge in [0.2, 0.25) is 0 Å². The molecule has 0 aliphatic rings. The Morgan fingerprint density at radius 2 is 1.07 bits per heavy atom. The average molecular weight is 833 g/mol. The molecule has 2 radical (unpaired) electrons. The van der Waals surface area contributed by atoms with E-state index in [-0.39, 0.29) is 102 Å². The van der Waals surface area contributed by atoms with Crippen molar-refractivity contribution in [3.05, 3.63) is 72.3 Å². The predicted molar refractivity (Wildman–Crippen MR) is 193 cm³/mol. The van der Waals surface area contributed by atoms with Crippen LogP contribution in [0.2, 0.25) is 0 Å². The third-order valence-electron chi connectivity index (χ3n) is 6.79. The fraction of sp³-hybridized carbons (Fsp3) is 0.250. The topological polar surface area (TPSA) is 236 Å². The Labute approximate surface area is 339 Å². The summed E-state index contributed by atoms with van der Waals surface area (Å²) >= 11 is 0. The highest BCUT2D eigenvalue weighted by molar-refractivity contribution is 7.84. The molecule has 4 heterocycles. The Kier molecular flexibility index (Phi) is 14.4. The van der Waals surface area contributed by atoms with Crippen molar-refractivity contribution in [3.8, 4) is 34.5 Å². The van der Waals surface area contributed by atoms with Gasteiger partial charge in [-0.3, -0.25) is 18.4 Å². The molecule has 0 saturated carbocycles. The molecule has 4 aromatic heterocycles. The van der Waals surface area contributed by atoms with Gasteiger partial charge >= 0.3 is 13.2 Å². The van der Waals surface area contributed by atoms with E-state index in [0.717, 1.165) is 0 Å². The van der Waals surface area contributed by atoms with Crippen LogP contribution in [0.25, 0.3) is 22.1 Å². The molecule has 0 fully saturated rings. The molecule has 0 aliphatic carbocycles. The number of aromatic nitrogens is 6. The van der Waals surface area contributed by atoms with Crippen LogP contribution in [0.4, 0.5) is 17.6 Å². The first-order valence-electron chi connectivity index (χ1n) is 17.4. The number of hydrogen-bond donors (Lipinski definition) is 2. The summed E-state index contributed by atoms with van der Waals surface area (Å²) in [5.74, 6) is -0.469. The van der Waals surface area contributed by atoms with Gasteiger partial charge in [0, 0.05) is 59.7 Å². The van der Waals surface area contributed by atoms with Crippen molar-refractivity contribution < 1.29 is 73.6 Å². The van der Waals surface area contributed by atoms with Crippen LogP contribution in [-0.4, -0.2) is 114 Å². The number of imidazole rings is 2. The zero-order valence-electron chi connectivity index (χ0n) is 34.4. The Hall–Kier alpha value is -4.81. The number of nitrogens with one attached hydrogen (secondary N) is 2. The van der Waals surface area contributed by atoms with E-state index in [9.17, 15) is 26.0 Å². The third-order valence-corrected chi connectivity index (χ3v) is 9.11. The molecule has 2 aromatic carbocycles. The monoisotopic (exact) mass is 832 g/mol. The van der Waals surface area contributed by atoms with Gasteiger partial charge in [-0.2, -0.15) is 17.6 Å². The Morgan fingerprint density at radius 1 is 0.673 bits per heavy atom. The van der Waals surface area contributed by atoms with Crippen LogP contribution in [-0.2, 0) is 33.1 Å². The van der Waals surface area contributed by atoms with Gasteiger partial charge < -0.3 is 49.3 Å². The fourth-order valence-corrected chi connectivity index (χ4v) is 6.66. The van der Waals surface area contributed by atoms with Crippen molar-refractivity contribution in [2.24, 2.45) is 0 Å². The summed E-state index contributed by atoms with van der Waals surface area (Å²) in [5, 5.41) is 0.167. The van der Waals surface area contributed by atoms with Gasteiger partial charge in [0.05, 0.1) is 103 Å². The lowest BCUT2D eigenvalue weighted by molar-refractivity contribution is -0.0504. The maximum atomic E-state index is 12.7. The number of aromatic amines is 2. The van der Waals surface area contributed by atoms with E-state index >= 15 is 0 Å². The lowest BCUT2D eigenvalue weighted by atomic mass is 10.3. The number of nitrogens with zero attached hydrogens (tertiary/aromatic N) is 4. The van der Waals surface area contributed by atoms with Crippen LogP contribution in [0.3, 0.4) is 0 Å². The lowest BCUT2D eigenvalue weighted by Crippen LogP contribution is -2.04. The lowest BCUT2D eigenvalue weighted by Gasteiger charge is -2.10. The SMILES string of the molecule is O.O.[2H]C([2H])([2H])Oc1ccnc(CS(=O)c2nc3ccc(OC(F)F)cc3[nH]2)c1OC.[2H]C([2H])([2H])Oc1ccnc(CS(=O)c2nc3ccc(OC(F)F)cc3[nH]2)c1OC.[Mg]. The Balaban J connectivity index is 0.000000400. The van der Waals surface area contributed by atoms with Gasteiger partial charge in [0.1, 0.15) is 11.5 Å². The maximum Gasteiger partial charge on any atom is 0.387 e. The van der Waals surface area contributed by atoms with Crippen molar-refractivity contribution in [1.29, 1.82) is 0 Å². The number of H-pyrrole nitrogens is 2. The van der Waals surface area contributed by atoms with Gasteiger partial charge in [-0.15, -0.1) is 0 Å². The van der Waals surface area contributed by atoms with Crippen molar-refractivity contribution in [1.82, 2.24) is 29.9 Å². The van der Waals surface area contributed by atoms with Crippen LogP contribution < -0.4 is 28.4 Å². The second-order valence-corrected chi connectivity index (χ2v) is 12.7. The van der Waals surface area contributed by atoms with E-state index in [4.69, 9.17) is 27.2 Å². The molecule has 0 aliphatic heterocycles. The van der Waals surface area contributed by atoms with E-state index in [1.165, 1.54) is 75.1 Å². The average Bonchev–Trinajstić information content (AvgIpc) is 3.75.